The topological polar surface area (TPSA) is 250 Å². The van der Waals surface area contributed by atoms with Crippen LogP contribution in [-0.4, -0.2) is 54.5 Å². The lowest BCUT2D eigenvalue weighted by Gasteiger charge is -2.40. The van der Waals surface area contributed by atoms with Crippen LogP contribution in [0.5, 0.6) is 0 Å². The Labute approximate surface area is 181 Å². The van der Waals surface area contributed by atoms with E-state index in [9.17, 15) is 33.1 Å². The number of ether oxygens (including phenoxy) is 1. The second kappa shape index (κ2) is 11.0. The summed E-state index contributed by atoms with van der Waals surface area (Å²) in [6.07, 6.45) is 1.52. The molecule has 32 heavy (non-hydrogen) atoms. The molecule has 1 rings (SSSR count). The molecule has 0 aliphatic heterocycles. The van der Waals surface area contributed by atoms with Crippen molar-refractivity contribution >= 4 is 23.5 Å². The first kappa shape index (κ1) is 29.0. The number of methoxy groups -OCH3 is 1. The van der Waals surface area contributed by atoms with E-state index >= 15 is 0 Å². The lowest BCUT2D eigenvalue weighted by Crippen LogP contribution is -2.57. The second-order valence-electron chi connectivity index (χ2n) is 6.51. The molecule has 0 aromatic carbocycles. The molecule has 0 bridgehead atoms. The van der Waals surface area contributed by atoms with Crippen LogP contribution in [-0.2, 0) is 31.6 Å². The highest BCUT2D eigenvalue weighted by Crippen LogP contribution is 2.66. The highest BCUT2D eigenvalue weighted by atomic mass is 31.3. The molecule has 16 nitrogen and oxygen atoms in total. The quantitative estimate of drug-likeness (QED) is 0.185. The molecule has 0 aliphatic rings. The van der Waals surface area contributed by atoms with Crippen LogP contribution < -0.4 is 17.0 Å². The van der Waals surface area contributed by atoms with E-state index in [1.54, 1.807) is 13.8 Å². The van der Waals surface area contributed by atoms with Crippen LogP contribution in [0.15, 0.2) is 21.9 Å². The predicted molar refractivity (Wildman–Crippen MR) is 108 cm³/mol. The Bertz CT molecular complexity index is 1030. The van der Waals surface area contributed by atoms with Crippen molar-refractivity contribution in [2.75, 3.05) is 13.7 Å². The van der Waals surface area contributed by atoms with Crippen molar-refractivity contribution in [3.63, 3.8) is 0 Å². The maximum atomic E-state index is 12.2. The molecule has 1 heterocycles. The minimum Gasteiger partial charge on any atom is -0.374 e. The standard InChI is InChI=1S/C13H26N3O13P3/c1-4-9(16-7-6-10(17)15-12(16)18)11(14)13(5-2,26-3)8-27-31(22,23)29-32(24,25)28-30(19,20)21/h6-7,9,11H,4-5,8,14H2,1-3H3,(H,22,23)(H,24,25)(H,15,17,18)(H2,19,20,21)/t9-,11+,13-/m1/s1. The third kappa shape index (κ3) is 8.10. The van der Waals surface area contributed by atoms with E-state index in [4.69, 9.17) is 24.8 Å². The summed E-state index contributed by atoms with van der Waals surface area (Å²) < 4.78 is 52.9. The number of aromatic amines is 1. The Kier molecular flexibility index (Phi) is 9.94. The zero-order valence-electron chi connectivity index (χ0n) is 17.3. The number of rotatable bonds is 13. The summed E-state index contributed by atoms with van der Waals surface area (Å²) in [4.78, 5) is 61.7. The summed E-state index contributed by atoms with van der Waals surface area (Å²) in [5, 5.41) is 0. The summed E-state index contributed by atoms with van der Waals surface area (Å²) in [6.45, 7) is 2.45. The van der Waals surface area contributed by atoms with Crippen molar-refractivity contribution in [3.05, 3.63) is 33.1 Å². The summed E-state index contributed by atoms with van der Waals surface area (Å²) in [5.41, 5.74) is 3.37. The predicted octanol–water partition coefficient (Wildman–Crippen LogP) is -0.0465. The van der Waals surface area contributed by atoms with Gasteiger partial charge in [0.25, 0.3) is 5.56 Å². The first-order valence-electron chi connectivity index (χ1n) is 8.92. The minimum atomic E-state index is -5.69. The van der Waals surface area contributed by atoms with Crippen molar-refractivity contribution in [1.29, 1.82) is 0 Å². The molecule has 0 fully saturated rings. The van der Waals surface area contributed by atoms with E-state index in [1.165, 1.54) is 13.3 Å². The molecule has 5 atom stereocenters. The van der Waals surface area contributed by atoms with Crippen LogP contribution in [0, 0.1) is 0 Å². The molecule has 2 unspecified atom stereocenters. The Morgan fingerprint density at radius 2 is 1.72 bits per heavy atom. The zero-order chi connectivity index (χ0) is 25.0. The van der Waals surface area contributed by atoms with E-state index in [0.717, 1.165) is 10.6 Å². The molecule has 19 heteroatoms. The van der Waals surface area contributed by atoms with E-state index in [0.29, 0.717) is 0 Å². The van der Waals surface area contributed by atoms with Crippen molar-refractivity contribution in [2.45, 2.75) is 44.4 Å². The highest BCUT2D eigenvalue weighted by Gasteiger charge is 2.45. The van der Waals surface area contributed by atoms with Crippen LogP contribution >= 0.6 is 23.5 Å². The van der Waals surface area contributed by atoms with Gasteiger partial charge in [-0.2, -0.15) is 8.62 Å². The lowest BCUT2D eigenvalue weighted by atomic mass is 9.86. The Morgan fingerprint density at radius 3 is 2.16 bits per heavy atom. The molecular weight excluding hydrogens is 499 g/mol. The number of phosphoric ester groups is 1. The van der Waals surface area contributed by atoms with Crippen LogP contribution in [0.3, 0.4) is 0 Å². The Balaban J connectivity index is 3.15. The Hall–Kier alpha value is -0.990. The van der Waals surface area contributed by atoms with Crippen molar-refractivity contribution < 1.29 is 51.2 Å². The zero-order valence-corrected chi connectivity index (χ0v) is 19.9. The number of hydrogen-bond donors (Lipinski definition) is 6. The summed E-state index contributed by atoms with van der Waals surface area (Å²) >= 11 is 0. The van der Waals surface area contributed by atoms with Gasteiger partial charge < -0.3 is 30.0 Å². The average molecular weight is 525 g/mol. The number of aromatic nitrogens is 2. The molecule has 0 radical (unpaired) electrons. The van der Waals surface area contributed by atoms with Gasteiger partial charge in [-0.15, -0.1) is 0 Å². The van der Waals surface area contributed by atoms with Gasteiger partial charge in [0, 0.05) is 19.4 Å². The van der Waals surface area contributed by atoms with E-state index in [2.05, 4.69) is 13.6 Å². The monoisotopic (exact) mass is 525 g/mol. The fourth-order valence-corrected chi connectivity index (χ4v) is 6.01. The van der Waals surface area contributed by atoms with Crippen molar-refractivity contribution in [2.24, 2.45) is 5.73 Å². The number of nitrogens with two attached hydrogens (primary N) is 1. The van der Waals surface area contributed by atoms with E-state index in [-0.39, 0.29) is 12.8 Å². The van der Waals surface area contributed by atoms with Gasteiger partial charge in [0.1, 0.15) is 5.60 Å². The number of phosphoric acid groups is 3. The molecule has 7 N–H and O–H groups in total. The van der Waals surface area contributed by atoms with Crippen LogP contribution in [0.2, 0.25) is 0 Å². The third-order valence-corrected chi connectivity index (χ3v) is 8.32. The molecule has 0 spiro atoms. The van der Waals surface area contributed by atoms with Gasteiger partial charge >= 0.3 is 29.2 Å². The maximum absolute atomic E-state index is 12.2. The molecule has 0 saturated carbocycles. The molecular formula is C13H26N3O13P3. The molecule has 0 aliphatic carbocycles. The maximum Gasteiger partial charge on any atom is 0.490 e. The molecule has 0 amide bonds. The number of H-pyrrole nitrogens is 1. The van der Waals surface area contributed by atoms with Gasteiger partial charge in [-0.05, 0) is 12.8 Å². The van der Waals surface area contributed by atoms with E-state index in [1.807, 2.05) is 0 Å². The fourth-order valence-electron chi connectivity index (χ4n) is 2.93. The SMILES string of the molecule is CC[C@H]([C@H](N)[C@@](CC)(COP(=O)(O)OP(=O)(O)OP(=O)(O)O)OC)n1ccc(=O)[nH]c1=O. The largest absolute Gasteiger partial charge is 0.490 e. The molecule has 1 aromatic heterocycles. The van der Waals surface area contributed by atoms with Gasteiger partial charge in [0.15, 0.2) is 0 Å². The normalized spacial score (nSPS) is 20.0. The molecule has 0 saturated heterocycles. The number of hydrogen-bond acceptors (Lipinski definition) is 10. The van der Waals surface area contributed by atoms with Gasteiger partial charge in [-0.3, -0.25) is 18.9 Å². The second-order valence-corrected chi connectivity index (χ2v) is 10.9. The molecule has 1 aromatic rings. The van der Waals surface area contributed by atoms with Crippen molar-refractivity contribution in [1.82, 2.24) is 9.55 Å². The number of nitrogens with zero attached hydrogens (tertiary/aromatic N) is 1. The minimum absolute atomic E-state index is 0.0506. The van der Waals surface area contributed by atoms with E-state index < -0.39 is 59.0 Å². The lowest BCUT2D eigenvalue weighted by molar-refractivity contribution is -0.0808. The van der Waals surface area contributed by atoms with Crippen LogP contribution in [0.25, 0.3) is 0 Å². The smallest absolute Gasteiger partial charge is 0.374 e. The third-order valence-electron chi connectivity index (χ3n) is 4.54. The van der Waals surface area contributed by atoms with Gasteiger partial charge in [0.05, 0.1) is 18.7 Å². The highest BCUT2D eigenvalue weighted by molar-refractivity contribution is 7.66. The van der Waals surface area contributed by atoms with Crippen LogP contribution in [0.4, 0.5) is 0 Å². The first-order valence-corrected chi connectivity index (χ1v) is 13.4. The van der Waals surface area contributed by atoms with Crippen LogP contribution in [0.1, 0.15) is 32.7 Å². The van der Waals surface area contributed by atoms with Gasteiger partial charge in [0.2, 0.25) is 0 Å². The summed E-state index contributed by atoms with van der Waals surface area (Å²) in [5.74, 6) is 0. The van der Waals surface area contributed by atoms with Gasteiger partial charge in [-0.1, -0.05) is 13.8 Å². The summed E-state index contributed by atoms with van der Waals surface area (Å²) in [6, 6.07) is -0.773. The fraction of sp³-hybridized carbons (Fsp3) is 0.692. The Morgan fingerprint density at radius 1 is 1.12 bits per heavy atom. The molecule has 186 valence electrons. The first-order chi connectivity index (χ1) is 14.5. The average Bonchev–Trinajstić information content (AvgIpc) is 2.62. The van der Waals surface area contributed by atoms with Gasteiger partial charge in [-0.25, -0.2) is 18.5 Å². The number of nitrogens with one attached hydrogen (secondary N) is 1. The summed E-state index contributed by atoms with van der Waals surface area (Å²) in [7, 11) is -15.5. The van der Waals surface area contributed by atoms with Crippen molar-refractivity contribution in [3.8, 4) is 0 Å².